The first-order chi connectivity index (χ1) is 10.3. The zero-order chi connectivity index (χ0) is 15.6. The molecular formula is C19H28O2. The van der Waals surface area contributed by atoms with E-state index in [4.69, 9.17) is 5.11 Å². The van der Waals surface area contributed by atoms with Gasteiger partial charge in [-0.1, -0.05) is 48.6 Å². The third-order valence-corrected chi connectivity index (χ3v) is 2.80. The summed E-state index contributed by atoms with van der Waals surface area (Å²) in [5, 5.41) is 8.41. The van der Waals surface area contributed by atoms with E-state index in [1.807, 2.05) is 6.08 Å². The van der Waals surface area contributed by atoms with E-state index in [1.165, 1.54) is 6.08 Å². The quantitative estimate of drug-likeness (QED) is 0.272. The molecule has 0 saturated heterocycles. The normalized spacial score (nSPS) is 12.2. The highest BCUT2D eigenvalue weighted by molar-refractivity contribution is 5.79. The molecule has 2 heteroatoms. The Balaban J connectivity index is 3.37. The van der Waals surface area contributed by atoms with Gasteiger partial charge in [0.2, 0.25) is 0 Å². The van der Waals surface area contributed by atoms with E-state index in [0.717, 1.165) is 51.4 Å². The predicted octanol–water partition coefficient (Wildman–Crippen LogP) is 5.60. The number of hydrogen-bond donors (Lipinski definition) is 1. The molecule has 0 saturated carbocycles. The summed E-state index contributed by atoms with van der Waals surface area (Å²) < 4.78 is 0. The number of aliphatic carboxylic acids is 1. The fourth-order valence-corrected chi connectivity index (χ4v) is 1.68. The van der Waals surface area contributed by atoms with Crippen molar-refractivity contribution in [3.05, 3.63) is 61.3 Å². The average molecular weight is 288 g/mol. The van der Waals surface area contributed by atoms with E-state index in [0.29, 0.717) is 0 Å². The number of unbranched alkanes of at least 4 members (excludes halogenated alkanes) is 4. The Hall–Kier alpha value is -1.83. The molecule has 0 aliphatic carbocycles. The zero-order valence-electron chi connectivity index (χ0n) is 12.9. The molecule has 1 N–H and O–H groups in total. The highest BCUT2D eigenvalue weighted by atomic mass is 16.4. The monoisotopic (exact) mass is 288 g/mol. The molecule has 0 aliphatic rings. The van der Waals surface area contributed by atoms with E-state index >= 15 is 0 Å². The molecule has 0 radical (unpaired) electrons. The fourth-order valence-electron chi connectivity index (χ4n) is 1.68. The number of carboxylic acid groups (broad SMARTS) is 1. The Morgan fingerprint density at radius 1 is 0.667 bits per heavy atom. The van der Waals surface area contributed by atoms with Crippen LogP contribution in [0.5, 0.6) is 0 Å². The maximum atomic E-state index is 10.2. The summed E-state index contributed by atoms with van der Waals surface area (Å²) >= 11 is 0. The van der Waals surface area contributed by atoms with Gasteiger partial charge >= 0.3 is 5.97 Å². The van der Waals surface area contributed by atoms with Crippen molar-refractivity contribution < 1.29 is 9.90 Å². The first kappa shape index (κ1) is 19.2. The lowest BCUT2D eigenvalue weighted by Crippen LogP contribution is -1.85. The molecule has 0 unspecified atom stereocenters. The van der Waals surface area contributed by atoms with Crippen LogP contribution in [0.4, 0.5) is 0 Å². The maximum absolute atomic E-state index is 10.2. The van der Waals surface area contributed by atoms with Gasteiger partial charge in [0.15, 0.2) is 0 Å². The van der Waals surface area contributed by atoms with Gasteiger partial charge in [-0.2, -0.15) is 0 Å². The van der Waals surface area contributed by atoms with Crippen molar-refractivity contribution in [2.45, 2.75) is 51.4 Å². The molecule has 0 atom stereocenters. The van der Waals surface area contributed by atoms with Gasteiger partial charge in [0.1, 0.15) is 0 Å². The third-order valence-electron chi connectivity index (χ3n) is 2.80. The van der Waals surface area contributed by atoms with Crippen LogP contribution in [-0.4, -0.2) is 11.1 Å². The van der Waals surface area contributed by atoms with Crippen molar-refractivity contribution in [2.24, 2.45) is 0 Å². The van der Waals surface area contributed by atoms with Crippen LogP contribution in [0.1, 0.15) is 51.4 Å². The average Bonchev–Trinajstić information content (AvgIpc) is 2.46. The molecule has 0 rings (SSSR count). The van der Waals surface area contributed by atoms with Gasteiger partial charge in [-0.15, -0.1) is 6.58 Å². The standard InChI is InChI=1S/C19H28O2/c1-2-3-4-5-6-7-8-9-10-11-12-13-14-15-16-17-18-19(20)21/h2,5-6,9-10,13-14,17-18H,1,3-4,7-8,11-12,15-16H2,(H,20,21)/b6-5+,10-9+,14-13+,18-17+. The Morgan fingerprint density at radius 2 is 1.00 bits per heavy atom. The highest BCUT2D eigenvalue weighted by Crippen LogP contribution is 2.01. The van der Waals surface area contributed by atoms with Crippen molar-refractivity contribution in [2.75, 3.05) is 0 Å². The highest BCUT2D eigenvalue weighted by Gasteiger charge is 1.84. The van der Waals surface area contributed by atoms with Gasteiger partial charge in [0.05, 0.1) is 0 Å². The molecule has 0 fully saturated rings. The van der Waals surface area contributed by atoms with Crippen LogP contribution in [-0.2, 0) is 4.79 Å². The molecule has 0 aliphatic heterocycles. The fraction of sp³-hybridized carbons (Fsp3) is 0.421. The van der Waals surface area contributed by atoms with E-state index in [2.05, 4.69) is 43.0 Å². The molecular weight excluding hydrogens is 260 g/mol. The second kappa shape index (κ2) is 16.2. The summed E-state index contributed by atoms with van der Waals surface area (Å²) in [5.41, 5.74) is 0. The van der Waals surface area contributed by atoms with Gasteiger partial charge < -0.3 is 5.11 Å². The minimum absolute atomic E-state index is 0.789. The topological polar surface area (TPSA) is 37.3 Å². The summed E-state index contributed by atoms with van der Waals surface area (Å²) in [6, 6.07) is 0. The molecule has 0 amide bonds. The molecule has 21 heavy (non-hydrogen) atoms. The van der Waals surface area contributed by atoms with Crippen LogP contribution in [0.25, 0.3) is 0 Å². The summed E-state index contributed by atoms with van der Waals surface area (Å²) in [7, 11) is 0. The van der Waals surface area contributed by atoms with Gasteiger partial charge in [-0.05, 0) is 51.4 Å². The molecule has 0 aromatic carbocycles. The molecule has 0 bridgehead atoms. The first-order valence-corrected chi connectivity index (χ1v) is 7.72. The van der Waals surface area contributed by atoms with Crippen LogP contribution in [0.3, 0.4) is 0 Å². The molecule has 0 heterocycles. The first-order valence-electron chi connectivity index (χ1n) is 7.72. The SMILES string of the molecule is C=CCC/C=C/CC/C=C/CC/C=C/CC/C=C/C(=O)O. The van der Waals surface area contributed by atoms with Crippen molar-refractivity contribution in [3.63, 3.8) is 0 Å². The lowest BCUT2D eigenvalue weighted by molar-refractivity contribution is -0.131. The minimum Gasteiger partial charge on any atom is -0.478 e. The maximum Gasteiger partial charge on any atom is 0.327 e. The van der Waals surface area contributed by atoms with E-state index in [-0.39, 0.29) is 0 Å². The third kappa shape index (κ3) is 18.2. The summed E-state index contributed by atoms with van der Waals surface area (Å²) in [5.74, 6) is -0.875. The van der Waals surface area contributed by atoms with E-state index in [9.17, 15) is 4.79 Å². The molecule has 2 nitrogen and oxygen atoms in total. The lowest BCUT2D eigenvalue weighted by atomic mass is 10.2. The molecule has 0 aromatic heterocycles. The van der Waals surface area contributed by atoms with Crippen molar-refractivity contribution in [1.29, 1.82) is 0 Å². The Kier molecular flexibility index (Phi) is 14.8. The van der Waals surface area contributed by atoms with Gasteiger partial charge in [0.25, 0.3) is 0 Å². The Labute approximate surface area is 129 Å². The van der Waals surface area contributed by atoms with Crippen molar-refractivity contribution >= 4 is 5.97 Å². The van der Waals surface area contributed by atoms with Crippen molar-refractivity contribution in [3.8, 4) is 0 Å². The number of hydrogen-bond acceptors (Lipinski definition) is 1. The van der Waals surface area contributed by atoms with Crippen LogP contribution >= 0.6 is 0 Å². The molecule has 0 spiro atoms. The zero-order valence-corrected chi connectivity index (χ0v) is 12.9. The number of rotatable bonds is 13. The summed E-state index contributed by atoms with van der Waals surface area (Å²) in [6.45, 7) is 3.69. The van der Waals surface area contributed by atoms with Gasteiger partial charge in [0, 0.05) is 6.08 Å². The Bertz CT molecular complexity index is 373. The van der Waals surface area contributed by atoms with Crippen LogP contribution in [0, 0.1) is 0 Å². The molecule has 0 aromatic rings. The second-order valence-corrected chi connectivity index (χ2v) is 4.75. The van der Waals surface area contributed by atoms with E-state index in [1.54, 1.807) is 6.08 Å². The van der Waals surface area contributed by atoms with Crippen LogP contribution < -0.4 is 0 Å². The number of carbonyl (C=O) groups is 1. The summed E-state index contributed by atoms with van der Waals surface area (Å²) in [6.07, 6.45) is 26.2. The number of allylic oxidation sites excluding steroid dienone is 8. The van der Waals surface area contributed by atoms with Crippen LogP contribution in [0.15, 0.2) is 61.3 Å². The lowest BCUT2D eigenvalue weighted by Gasteiger charge is -1.90. The van der Waals surface area contributed by atoms with Crippen molar-refractivity contribution in [1.82, 2.24) is 0 Å². The molecule has 116 valence electrons. The van der Waals surface area contributed by atoms with E-state index < -0.39 is 5.97 Å². The second-order valence-electron chi connectivity index (χ2n) is 4.75. The largest absolute Gasteiger partial charge is 0.478 e. The number of carboxylic acids is 1. The minimum atomic E-state index is -0.875. The van der Waals surface area contributed by atoms with Crippen LogP contribution in [0.2, 0.25) is 0 Å². The Morgan fingerprint density at radius 3 is 1.33 bits per heavy atom. The predicted molar refractivity (Wildman–Crippen MR) is 91.3 cm³/mol. The smallest absolute Gasteiger partial charge is 0.327 e. The summed E-state index contributed by atoms with van der Waals surface area (Å²) in [4.78, 5) is 10.2. The van der Waals surface area contributed by atoms with Gasteiger partial charge in [-0.3, -0.25) is 0 Å². The van der Waals surface area contributed by atoms with Gasteiger partial charge in [-0.25, -0.2) is 4.79 Å².